The lowest BCUT2D eigenvalue weighted by atomic mass is 10.1. The van der Waals surface area contributed by atoms with Crippen molar-refractivity contribution in [3.05, 3.63) is 46.7 Å². The normalized spacial score (nSPS) is 18.6. The van der Waals surface area contributed by atoms with Gasteiger partial charge in [-0.25, -0.2) is 4.98 Å². The smallest absolute Gasteiger partial charge is 0.204 e. The molecule has 3 aromatic rings. The number of aromatic nitrogens is 5. The molecule has 0 amide bonds. The molecule has 7 nitrogen and oxygen atoms in total. The van der Waals surface area contributed by atoms with Crippen LogP contribution in [0.5, 0.6) is 0 Å². The van der Waals surface area contributed by atoms with Crippen LogP contribution in [0, 0.1) is 6.92 Å². The molecule has 0 aliphatic carbocycles. The number of aryl methyl sites for hydroxylation is 2. The standard InChI is InChI=1S/C17H20N6OS/c1-12-5-3-4-6-14(12)17-18-9-13(25-17)10-23-7-8-24-15(11-23)16-19-21-22(2)20-16/h3-6,9,15H,7-8,10-11H2,1-2H3. The van der Waals surface area contributed by atoms with Crippen LogP contribution < -0.4 is 0 Å². The Morgan fingerprint density at radius 3 is 3.00 bits per heavy atom. The fourth-order valence-electron chi connectivity index (χ4n) is 2.97. The first-order chi connectivity index (χ1) is 12.2. The highest BCUT2D eigenvalue weighted by Crippen LogP contribution is 2.29. The summed E-state index contributed by atoms with van der Waals surface area (Å²) < 4.78 is 5.80. The molecule has 1 unspecified atom stereocenters. The van der Waals surface area contributed by atoms with Crippen LogP contribution >= 0.6 is 11.3 Å². The van der Waals surface area contributed by atoms with Crippen molar-refractivity contribution in [2.75, 3.05) is 19.7 Å². The van der Waals surface area contributed by atoms with E-state index in [1.54, 1.807) is 18.4 Å². The number of nitrogens with zero attached hydrogens (tertiary/aromatic N) is 6. The van der Waals surface area contributed by atoms with Gasteiger partial charge >= 0.3 is 0 Å². The van der Waals surface area contributed by atoms with E-state index in [0.717, 1.165) is 24.6 Å². The minimum atomic E-state index is -0.119. The van der Waals surface area contributed by atoms with Crippen molar-refractivity contribution < 1.29 is 4.74 Å². The predicted molar refractivity (Wildman–Crippen MR) is 95.1 cm³/mol. The lowest BCUT2D eigenvalue weighted by Crippen LogP contribution is -2.38. The quantitative estimate of drug-likeness (QED) is 0.714. The summed E-state index contributed by atoms with van der Waals surface area (Å²) in [4.78, 5) is 9.70. The summed E-state index contributed by atoms with van der Waals surface area (Å²) in [6.45, 7) is 5.32. The van der Waals surface area contributed by atoms with Gasteiger partial charge in [-0.3, -0.25) is 4.90 Å². The van der Waals surface area contributed by atoms with Gasteiger partial charge in [0.15, 0.2) is 0 Å². The molecular formula is C17H20N6OS. The molecule has 8 heteroatoms. The van der Waals surface area contributed by atoms with Gasteiger partial charge in [0.25, 0.3) is 0 Å². The largest absolute Gasteiger partial charge is 0.367 e. The Morgan fingerprint density at radius 1 is 1.32 bits per heavy atom. The lowest BCUT2D eigenvalue weighted by Gasteiger charge is -2.30. The van der Waals surface area contributed by atoms with Crippen molar-refractivity contribution in [2.24, 2.45) is 7.05 Å². The van der Waals surface area contributed by atoms with Gasteiger partial charge in [0.05, 0.1) is 13.7 Å². The summed E-state index contributed by atoms with van der Waals surface area (Å²) in [6, 6.07) is 8.37. The third-order valence-electron chi connectivity index (χ3n) is 4.27. The van der Waals surface area contributed by atoms with E-state index in [0.29, 0.717) is 12.4 Å². The van der Waals surface area contributed by atoms with Crippen molar-refractivity contribution in [2.45, 2.75) is 19.6 Å². The monoisotopic (exact) mass is 356 g/mol. The molecule has 130 valence electrons. The summed E-state index contributed by atoms with van der Waals surface area (Å²) >= 11 is 1.75. The molecule has 3 heterocycles. The molecule has 1 aromatic carbocycles. The van der Waals surface area contributed by atoms with Gasteiger partial charge in [-0.05, 0) is 17.7 Å². The van der Waals surface area contributed by atoms with Crippen molar-refractivity contribution in [1.82, 2.24) is 30.1 Å². The zero-order valence-corrected chi connectivity index (χ0v) is 15.1. The van der Waals surface area contributed by atoms with E-state index in [2.05, 4.69) is 56.5 Å². The van der Waals surface area contributed by atoms with Gasteiger partial charge in [-0.2, -0.15) is 4.80 Å². The van der Waals surface area contributed by atoms with Gasteiger partial charge < -0.3 is 4.74 Å². The predicted octanol–water partition coefficient (Wildman–Crippen LogP) is 2.22. The van der Waals surface area contributed by atoms with Gasteiger partial charge in [-0.1, -0.05) is 24.3 Å². The van der Waals surface area contributed by atoms with Crippen molar-refractivity contribution >= 4 is 11.3 Å². The minimum absolute atomic E-state index is 0.119. The summed E-state index contributed by atoms with van der Waals surface area (Å²) in [7, 11) is 1.77. The lowest BCUT2D eigenvalue weighted by molar-refractivity contribution is -0.0370. The maximum atomic E-state index is 5.80. The van der Waals surface area contributed by atoms with Gasteiger partial charge in [0.2, 0.25) is 5.82 Å². The van der Waals surface area contributed by atoms with Crippen LogP contribution in [-0.4, -0.2) is 49.8 Å². The van der Waals surface area contributed by atoms with Crippen LogP contribution in [0.3, 0.4) is 0 Å². The summed E-state index contributed by atoms with van der Waals surface area (Å²) in [5, 5.41) is 13.3. The molecule has 0 N–H and O–H groups in total. The number of thiazole rings is 1. The van der Waals surface area contributed by atoms with Crippen molar-refractivity contribution in [1.29, 1.82) is 0 Å². The fourth-order valence-corrected chi connectivity index (χ4v) is 4.01. The summed E-state index contributed by atoms with van der Waals surface area (Å²) in [5.74, 6) is 0.650. The zero-order valence-electron chi connectivity index (χ0n) is 14.3. The molecule has 0 saturated carbocycles. The molecule has 0 spiro atoms. The SMILES string of the molecule is Cc1ccccc1-c1ncc(CN2CCOC(c3nnn(C)n3)C2)s1. The van der Waals surface area contributed by atoms with Gasteiger partial charge in [-0.15, -0.1) is 21.5 Å². The van der Waals surface area contributed by atoms with Crippen LogP contribution in [0.1, 0.15) is 22.4 Å². The molecule has 25 heavy (non-hydrogen) atoms. The Labute approximate surface area is 150 Å². The van der Waals surface area contributed by atoms with E-state index in [4.69, 9.17) is 4.74 Å². The van der Waals surface area contributed by atoms with Crippen LogP contribution in [0.2, 0.25) is 0 Å². The van der Waals surface area contributed by atoms with E-state index in [9.17, 15) is 0 Å². The van der Waals surface area contributed by atoms with E-state index >= 15 is 0 Å². The molecule has 1 aliphatic rings. The molecule has 0 bridgehead atoms. The average Bonchev–Trinajstić information content (AvgIpc) is 3.25. The first-order valence-electron chi connectivity index (χ1n) is 8.27. The molecule has 1 atom stereocenters. The first kappa shape index (κ1) is 16.3. The third-order valence-corrected chi connectivity index (χ3v) is 5.29. The van der Waals surface area contributed by atoms with E-state index in [1.165, 1.54) is 20.8 Å². The fraction of sp³-hybridized carbons (Fsp3) is 0.412. The highest BCUT2D eigenvalue weighted by atomic mass is 32.1. The first-order valence-corrected chi connectivity index (χ1v) is 9.09. The van der Waals surface area contributed by atoms with E-state index in [-0.39, 0.29) is 6.10 Å². The molecular weight excluding hydrogens is 336 g/mol. The van der Waals surface area contributed by atoms with Crippen molar-refractivity contribution in [3.63, 3.8) is 0 Å². The molecule has 2 aromatic heterocycles. The second kappa shape index (κ2) is 6.99. The topological polar surface area (TPSA) is 69.0 Å². The number of ether oxygens (including phenoxy) is 1. The number of morpholine rings is 1. The molecule has 1 aliphatic heterocycles. The third kappa shape index (κ3) is 3.60. The number of benzene rings is 1. The van der Waals surface area contributed by atoms with Gasteiger partial charge in [0, 0.05) is 36.3 Å². The Morgan fingerprint density at radius 2 is 2.20 bits per heavy atom. The Bertz CT molecular complexity index is 860. The number of rotatable bonds is 4. The minimum Gasteiger partial charge on any atom is -0.367 e. The van der Waals surface area contributed by atoms with Crippen LogP contribution in [0.15, 0.2) is 30.5 Å². The number of hydrogen-bond acceptors (Lipinski definition) is 7. The second-order valence-corrected chi connectivity index (χ2v) is 7.29. The Balaban J connectivity index is 1.45. The van der Waals surface area contributed by atoms with Crippen LogP contribution in [0.25, 0.3) is 10.6 Å². The van der Waals surface area contributed by atoms with E-state index in [1.807, 2.05) is 6.20 Å². The molecule has 1 saturated heterocycles. The maximum Gasteiger partial charge on any atom is 0.204 e. The highest BCUT2D eigenvalue weighted by Gasteiger charge is 2.26. The van der Waals surface area contributed by atoms with Gasteiger partial charge in [0.1, 0.15) is 11.1 Å². The summed E-state index contributed by atoms with van der Waals surface area (Å²) in [6.07, 6.45) is 1.86. The maximum absolute atomic E-state index is 5.80. The summed E-state index contributed by atoms with van der Waals surface area (Å²) in [5.41, 5.74) is 2.46. The Hall–Kier alpha value is -2.16. The second-order valence-electron chi connectivity index (χ2n) is 6.18. The average molecular weight is 356 g/mol. The molecule has 1 fully saturated rings. The molecule has 4 rings (SSSR count). The van der Waals surface area contributed by atoms with E-state index < -0.39 is 0 Å². The van der Waals surface area contributed by atoms with Crippen LogP contribution in [-0.2, 0) is 18.3 Å². The number of tetrazole rings is 1. The zero-order chi connectivity index (χ0) is 17.2. The Kier molecular flexibility index (Phi) is 4.56. The van der Waals surface area contributed by atoms with Crippen LogP contribution in [0.4, 0.5) is 0 Å². The number of hydrogen-bond donors (Lipinski definition) is 0. The molecule has 0 radical (unpaired) electrons. The van der Waals surface area contributed by atoms with Crippen molar-refractivity contribution in [3.8, 4) is 10.6 Å². The highest BCUT2D eigenvalue weighted by molar-refractivity contribution is 7.15.